The number of hydrogen-bond donors (Lipinski definition) is 0. The highest BCUT2D eigenvalue weighted by Gasteiger charge is 2.43. The molecule has 0 saturated carbocycles. The van der Waals surface area contributed by atoms with Crippen molar-refractivity contribution >= 4 is 26.0 Å². The van der Waals surface area contributed by atoms with E-state index in [4.69, 9.17) is 0 Å². The number of amides is 1. The van der Waals surface area contributed by atoms with Crippen molar-refractivity contribution in [3.8, 4) is 0 Å². The molecule has 0 aliphatic carbocycles. The van der Waals surface area contributed by atoms with Gasteiger partial charge in [0.15, 0.2) is 0 Å². The van der Waals surface area contributed by atoms with E-state index in [0.29, 0.717) is 5.56 Å². The zero-order chi connectivity index (χ0) is 41.5. The second-order valence-corrected chi connectivity index (χ2v) is 18.8. The minimum Gasteiger partial charge on any atom is -0.336 e. The van der Waals surface area contributed by atoms with Crippen LogP contribution in [-0.2, 0) is 25.6 Å². The summed E-state index contributed by atoms with van der Waals surface area (Å²) < 4.78 is 61.8. The van der Waals surface area contributed by atoms with Crippen LogP contribution in [0.3, 0.4) is 0 Å². The summed E-state index contributed by atoms with van der Waals surface area (Å²) in [6.07, 6.45) is 0. The molecular weight excluding hydrogens is 777 g/mol. The van der Waals surface area contributed by atoms with E-state index in [9.17, 15) is 21.6 Å². The molecule has 1 aliphatic heterocycles. The topological polar surface area (TPSA) is 98.3 Å². The van der Waals surface area contributed by atoms with Crippen molar-refractivity contribution in [3.63, 3.8) is 0 Å². The Kier molecular flexibility index (Phi) is 12.9. The lowest BCUT2D eigenvalue weighted by Crippen LogP contribution is -2.55. The molecule has 0 unspecified atom stereocenters. The van der Waals surface area contributed by atoms with Crippen molar-refractivity contribution in [2.45, 2.75) is 29.2 Å². The zero-order valence-electron chi connectivity index (χ0n) is 33.5. The van der Waals surface area contributed by atoms with Crippen LogP contribution >= 0.6 is 0 Å². The third kappa shape index (κ3) is 8.95. The largest absolute Gasteiger partial charge is 0.336 e. The van der Waals surface area contributed by atoms with E-state index in [0.717, 1.165) is 27.8 Å². The average Bonchev–Trinajstić information content (AvgIpc) is 3.26. The van der Waals surface area contributed by atoms with Gasteiger partial charge in [0.2, 0.25) is 20.0 Å². The Morgan fingerprint density at radius 2 is 0.746 bits per heavy atom. The van der Waals surface area contributed by atoms with Gasteiger partial charge in [-0.25, -0.2) is 16.8 Å². The Bertz CT molecular complexity index is 2340. The van der Waals surface area contributed by atoms with Crippen LogP contribution in [0.15, 0.2) is 180 Å². The fraction of sp³-hybridized carbons (Fsp3) is 0.229. The SMILES string of the molecule is Cc1ccc(S(=O)(=O)N2CCN(C(=O)c3ccccc3)CCN(S(=O)(=O)c3ccc(C)cc3)CCN(C(c3ccccc3)(c3ccccc3)c3ccccc3)CC2)cc1. The van der Waals surface area contributed by atoms with Gasteiger partial charge in [0.1, 0.15) is 0 Å². The van der Waals surface area contributed by atoms with Gasteiger partial charge in [-0.3, -0.25) is 9.69 Å². The Balaban J connectivity index is 1.40. The van der Waals surface area contributed by atoms with Crippen molar-refractivity contribution in [2.24, 2.45) is 0 Å². The summed E-state index contributed by atoms with van der Waals surface area (Å²) in [7, 11) is -8.11. The molecule has 0 radical (unpaired) electrons. The molecule has 9 nitrogen and oxygen atoms in total. The highest BCUT2D eigenvalue weighted by atomic mass is 32.2. The maximum absolute atomic E-state index is 14.7. The first kappa shape index (κ1) is 41.7. The molecule has 59 heavy (non-hydrogen) atoms. The lowest BCUT2D eigenvalue weighted by molar-refractivity contribution is 0.0723. The number of hydrogen-bond acceptors (Lipinski definition) is 6. The standard InChI is InChI=1S/C48H50N4O5S2/c1-39-23-27-45(28-24-39)58(54,55)51-35-31-49(47(53)41-15-7-3-8-16-41)32-36-52(59(56,57)46-29-25-40(2)26-30-46)38-34-50(33-37-51)48(42-17-9-4-10-18-42,43-19-11-5-12-20-43)44-21-13-6-14-22-44/h3-30H,31-38H2,1-2H3. The van der Waals surface area contributed by atoms with Gasteiger partial charge in [0.05, 0.1) is 15.3 Å². The minimum atomic E-state index is -4.06. The van der Waals surface area contributed by atoms with Crippen LogP contribution in [0.5, 0.6) is 0 Å². The van der Waals surface area contributed by atoms with Gasteiger partial charge in [0, 0.05) is 57.9 Å². The summed E-state index contributed by atoms with van der Waals surface area (Å²) in [5.41, 5.74) is 4.19. The van der Waals surface area contributed by atoms with E-state index >= 15 is 0 Å². The zero-order valence-corrected chi connectivity index (χ0v) is 35.1. The maximum atomic E-state index is 14.7. The molecule has 0 aromatic heterocycles. The average molecular weight is 827 g/mol. The third-order valence-corrected chi connectivity index (χ3v) is 15.0. The second kappa shape index (κ2) is 18.2. The van der Waals surface area contributed by atoms with Gasteiger partial charge in [-0.15, -0.1) is 0 Å². The molecule has 0 atom stereocenters. The van der Waals surface area contributed by atoms with E-state index in [2.05, 4.69) is 41.3 Å². The third-order valence-electron chi connectivity index (χ3n) is 11.2. The highest BCUT2D eigenvalue weighted by Crippen LogP contribution is 2.42. The van der Waals surface area contributed by atoms with Gasteiger partial charge in [-0.05, 0) is 66.9 Å². The second-order valence-electron chi connectivity index (χ2n) is 14.9. The Labute approximate surface area is 349 Å². The molecule has 6 aromatic carbocycles. The van der Waals surface area contributed by atoms with Crippen LogP contribution in [0.25, 0.3) is 0 Å². The summed E-state index contributed by atoms with van der Waals surface area (Å²) in [5, 5.41) is 0. The molecule has 0 spiro atoms. The van der Waals surface area contributed by atoms with Gasteiger partial charge >= 0.3 is 0 Å². The number of nitrogens with zero attached hydrogens (tertiary/aromatic N) is 4. The van der Waals surface area contributed by atoms with Crippen molar-refractivity contribution in [1.82, 2.24) is 18.4 Å². The normalized spacial score (nSPS) is 15.9. The van der Waals surface area contributed by atoms with Crippen LogP contribution in [0.4, 0.5) is 0 Å². The highest BCUT2D eigenvalue weighted by molar-refractivity contribution is 7.89. The van der Waals surface area contributed by atoms with Crippen molar-refractivity contribution < 1.29 is 21.6 Å². The number of carbonyl (C=O) groups is 1. The summed E-state index contributed by atoms with van der Waals surface area (Å²) in [6.45, 7) is 4.43. The number of aryl methyl sites for hydroxylation is 2. The van der Waals surface area contributed by atoms with Crippen LogP contribution in [-0.4, -0.2) is 93.5 Å². The van der Waals surface area contributed by atoms with E-state index < -0.39 is 25.6 Å². The van der Waals surface area contributed by atoms with Gasteiger partial charge in [-0.1, -0.05) is 145 Å². The molecule has 0 N–H and O–H groups in total. The van der Waals surface area contributed by atoms with Crippen molar-refractivity contribution in [2.75, 3.05) is 52.4 Å². The molecule has 1 heterocycles. The fourth-order valence-corrected chi connectivity index (χ4v) is 10.8. The first-order valence-corrected chi connectivity index (χ1v) is 22.8. The van der Waals surface area contributed by atoms with Crippen molar-refractivity contribution in [3.05, 3.63) is 203 Å². The predicted octanol–water partition coefficient (Wildman–Crippen LogP) is 7.44. The Hall–Kier alpha value is -5.43. The molecule has 11 heteroatoms. The van der Waals surface area contributed by atoms with E-state index in [1.165, 1.54) is 8.61 Å². The first-order valence-electron chi connectivity index (χ1n) is 19.9. The van der Waals surface area contributed by atoms with Crippen LogP contribution in [0.1, 0.15) is 38.2 Å². The number of rotatable bonds is 9. The molecular formula is C48H50N4O5S2. The predicted molar refractivity (Wildman–Crippen MR) is 233 cm³/mol. The molecule has 304 valence electrons. The molecule has 7 rings (SSSR count). The Morgan fingerprint density at radius 1 is 0.424 bits per heavy atom. The summed E-state index contributed by atoms with van der Waals surface area (Å²) in [6, 6.07) is 52.8. The summed E-state index contributed by atoms with van der Waals surface area (Å²) in [5.74, 6) is -0.305. The molecule has 1 amide bonds. The quantitative estimate of drug-likeness (QED) is 0.141. The van der Waals surface area contributed by atoms with Gasteiger partial charge < -0.3 is 4.90 Å². The summed E-state index contributed by atoms with van der Waals surface area (Å²) in [4.78, 5) is 18.3. The van der Waals surface area contributed by atoms with Crippen LogP contribution in [0.2, 0.25) is 0 Å². The van der Waals surface area contributed by atoms with Gasteiger partial charge in [0.25, 0.3) is 5.91 Å². The van der Waals surface area contributed by atoms with Crippen LogP contribution < -0.4 is 0 Å². The Morgan fingerprint density at radius 3 is 1.10 bits per heavy atom. The number of carbonyl (C=O) groups excluding carboxylic acids is 1. The molecule has 6 aromatic rings. The fourth-order valence-electron chi connectivity index (χ4n) is 7.96. The number of benzene rings is 6. The lowest BCUT2D eigenvalue weighted by Gasteiger charge is -2.47. The number of sulfonamides is 2. The minimum absolute atomic E-state index is 0.0116. The van der Waals surface area contributed by atoms with E-state index in [1.807, 2.05) is 74.5 Å². The smallest absolute Gasteiger partial charge is 0.253 e. The maximum Gasteiger partial charge on any atom is 0.253 e. The van der Waals surface area contributed by atoms with E-state index in [1.54, 1.807) is 77.7 Å². The van der Waals surface area contributed by atoms with E-state index in [-0.39, 0.29) is 68.1 Å². The monoisotopic (exact) mass is 826 g/mol. The summed E-state index contributed by atoms with van der Waals surface area (Å²) >= 11 is 0. The molecule has 1 aliphatic rings. The van der Waals surface area contributed by atoms with Gasteiger partial charge in [-0.2, -0.15) is 8.61 Å². The first-order chi connectivity index (χ1) is 28.5. The van der Waals surface area contributed by atoms with Crippen molar-refractivity contribution in [1.29, 1.82) is 0 Å². The van der Waals surface area contributed by atoms with Crippen LogP contribution in [0, 0.1) is 13.8 Å². The lowest BCUT2D eigenvalue weighted by atomic mass is 9.75. The molecule has 1 saturated heterocycles. The molecule has 1 fully saturated rings. The molecule has 0 bridgehead atoms.